The van der Waals surface area contributed by atoms with Crippen LogP contribution in [0.3, 0.4) is 0 Å². The lowest BCUT2D eigenvalue weighted by molar-refractivity contribution is -0.122. The fraction of sp³-hybridized carbons (Fsp3) is 0.562. The molecule has 0 spiro atoms. The number of ketones is 1. The highest BCUT2D eigenvalue weighted by Crippen LogP contribution is 2.35. The molecule has 4 heteroatoms. The zero-order valence-electron chi connectivity index (χ0n) is 11.4. The van der Waals surface area contributed by atoms with Crippen molar-refractivity contribution in [3.05, 3.63) is 33.8 Å². The van der Waals surface area contributed by atoms with Crippen LogP contribution in [0.2, 0.25) is 10.0 Å². The SMILES string of the molecule is O=C1CCCC1C1CCCN1Cc1ccc(Cl)cc1Cl. The van der Waals surface area contributed by atoms with E-state index in [1.807, 2.05) is 12.1 Å². The minimum Gasteiger partial charge on any atom is -0.299 e. The summed E-state index contributed by atoms with van der Waals surface area (Å²) in [7, 11) is 0. The molecule has 2 nitrogen and oxygen atoms in total. The van der Waals surface area contributed by atoms with Crippen molar-refractivity contribution in [1.82, 2.24) is 4.90 Å². The van der Waals surface area contributed by atoms with E-state index in [4.69, 9.17) is 23.2 Å². The number of nitrogens with zero attached hydrogens (tertiary/aromatic N) is 1. The summed E-state index contributed by atoms with van der Waals surface area (Å²) in [6, 6.07) is 6.09. The predicted octanol–water partition coefficient (Wildman–Crippen LogP) is 4.33. The first-order chi connectivity index (χ1) is 9.65. The first kappa shape index (κ1) is 14.4. The Hall–Kier alpha value is -0.570. The Morgan fingerprint density at radius 2 is 2.05 bits per heavy atom. The molecule has 2 fully saturated rings. The van der Waals surface area contributed by atoms with Gasteiger partial charge < -0.3 is 0 Å². The lowest BCUT2D eigenvalue weighted by atomic mass is 9.95. The summed E-state index contributed by atoms with van der Waals surface area (Å²) in [4.78, 5) is 14.4. The van der Waals surface area contributed by atoms with Gasteiger partial charge in [-0.05, 0) is 49.9 Å². The van der Waals surface area contributed by atoms with Gasteiger partial charge in [-0.25, -0.2) is 0 Å². The molecule has 0 bridgehead atoms. The smallest absolute Gasteiger partial charge is 0.137 e. The van der Waals surface area contributed by atoms with Gasteiger partial charge in [0, 0.05) is 35.0 Å². The first-order valence-electron chi connectivity index (χ1n) is 7.36. The molecule has 1 aliphatic heterocycles. The molecule has 1 aromatic rings. The van der Waals surface area contributed by atoms with Crippen LogP contribution in [0.15, 0.2) is 18.2 Å². The Morgan fingerprint density at radius 3 is 2.75 bits per heavy atom. The van der Waals surface area contributed by atoms with Crippen molar-refractivity contribution in [2.45, 2.75) is 44.7 Å². The first-order valence-corrected chi connectivity index (χ1v) is 8.11. The molecule has 0 N–H and O–H groups in total. The maximum atomic E-state index is 12.0. The van der Waals surface area contributed by atoms with Crippen LogP contribution in [0, 0.1) is 5.92 Å². The van der Waals surface area contributed by atoms with Gasteiger partial charge in [-0.15, -0.1) is 0 Å². The average molecular weight is 312 g/mol. The lowest BCUT2D eigenvalue weighted by Crippen LogP contribution is -2.37. The summed E-state index contributed by atoms with van der Waals surface area (Å²) in [6.07, 6.45) is 5.22. The van der Waals surface area contributed by atoms with E-state index in [1.165, 1.54) is 6.42 Å². The molecule has 1 saturated carbocycles. The normalized spacial score (nSPS) is 27.4. The van der Waals surface area contributed by atoms with Crippen molar-refractivity contribution >= 4 is 29.0 Å². The second kappa shape index (κ2) is 6.05. The van der Waals surface area contributed by atoms with Gasteiger partial charge in [-0.2, -0.15) is 0 Å². The predicted molar refractivity (Wildman–Crippen MR) is 82.2 cm³/mol. The minimum absolute atomic E-state index is 0.253. The average Bonchev–Trinajstić information content (AvgIpc) is 3.01. The van der Waals surface area contributed by atoms with Gasteiger partial charge in [-0.3, -0.25) is 9.69 Å². The summed E-state index contributed by atoms with van der Waals surface area (Å²) in [6.45, 7) is 1.89. The number of carbonyl (C=O) groups excluding carboxylic acids is 1. The molecule has 0 aromatic heterocycles. The molecule has 2 unspecified atom stereocenters. The fourth-order valence-electron chi connectivity index (χ4n) is 3.62. The van der Waals surface area contributed by atoms with Gasteiger partial charge in [0.05, 0.1) is 0 Å². The monoisotopic (exact) mass is 311 g/mol. The van der Waals surface area contributed by atoms with Gasteiger partial charge >= 0.3 is 0 Å². The number of halogens is 2. The third-order valence-corrected chi connectivity index (χ3v) is 5.21. The number of hydrogen-bond donors (Lipinski definition) is 0. The fourth-order valence-corrected chi connectivity index (χ4v) is 4.09. The van der Waals surface area contributed by atoms with E-state index in [0.29, 0.717) is 16.8 Å². The molecule has 0 radical (unpaired) electrons. The van der Waals surface area contributed by atoms with Gasteiger partial charge in [0.25, 0.3) is 0 Å². The van der Waals surface area contributed by atoms with E-state index >= 15 is 0 Å². The summed E-state index contributed by atoms with van der Waals surface area (Å²) >= 11 is 12.2. The molecule has 0 amide bonds. The molecular formula is C16H19Cl2NO. The van der Waals surface area contributed by atoms with E-state index < -0.39 is 0 Å². The number of rotatable bonds is 3. The van der Waals surface area contributed by atoms with Crippen LogP contribution in [-0.4, -0.2) is 23.3 Å². The Kier molecular flexibility index (Phi) is 4.34. The molecule has 1 aliphatic carbocycles. The number of hydrogen-bond acceptors (Lipinski definition) is 2. The van der Waals surface area contributed by atoms with E-state index in [1.54, 1.807) is 6.07 Å². The summed E-state index contributed by atoms with van der Waals surface area (Å²) in [5.41, 5.74) is 1.11. The third-order valence-electron chi connectivity index (χ3n) is 4.62. The van der Waals surface area contributed by atoms with Crippen molar-refractivity contribution in [3.63, 3.8) is 0 Å². The summed E-state index contributed by atoms with van der Waals surface area (Å²) in [5, 5.41) is 1.39. The van der Waals surface area contributed by atoms with Crippen LogP contribution in [0.4, 0.5) is 0 Å². The van der Waals surface area contributed by atoms with Gasteiger partial charge in [-0.1, -0.05) is 29.3 Å². The summed E-state index contributed by atoms with van der Waals surface area (Å²) < 4.78 is 0. The van der Waals surface area contributed by atoms with Crippen LogP contribution in [-0.2, 0) is 11.3 Å². The zero-order chi connectivity index (χ0) is 14.1. The highest BCUT2D eigenvalue weighted by Gasteiger charge is 2.37. The van der Waals surface area contributed by atoms with Crippen LogP contribution in [0.25, 0.3) is 0 Å². The second-order valence-electron chi connectivity index (χ2n) is 5.88. The Labute approximate surface area is 130 Å². The Bertz CT molecular complexity index is 517. The molecule has 1 saturated heterocycles. The molecule has 3 rings (SSSR count). The highest BCUT2D eigenvalue weighted by atomic mass is 35.5. The zero-order valence-corrected chi connectivity index (χ0v) is 13.0. The van der Waals surface area contributed by atoms with Crippen molar-refractivity contribution in [2.75, 3.05) is 6.54 Å². The quantitative estimate of drug-likeness (QED) is 0.828. The molecule has 1 aromatic carbocycles. The minimum atomic E-state index is 0.253. The maximum Gasteiger partial charge on any atom is 0.137 e. The Morgan fingerprint density at radius 1 is 1.20 bits per heavy atom. The van der Waals surface area contributed by atoms with Crippen LogP contribution >= 0.6 is 23.2 Å². The number of Topliss-reactive ketones (excluding diaryl/α,β-unsaturated/α-hetero) is 1. The molecular weight excluding hydrogens is 293 g/mol. The van der Waals surface area contributed by atoms with Crippen molar-refractivity contribution in [2.24, 2.45) is 5.92 Å². The lowest BCUT2D eigenvalue weighted by Gasteiger charge is -2.28. The van der Waals surface area contributed by atoms with Crippen molar-refractivity contribution in [3.8, 4) is 0 Å². The summed E-state index contributed by atoms with van der Waals surface area (Å²) in [5.74, 6) is 0.715. The third kappa shape index (κ3) is 2.88. The largest absolute Gasteiger partial charge is 0.299 e. The number of benzene rings is 1. The van der Waals surface area contributed by atoms with Crippen LogP contribution in [0.1, 0.15) is 37.7 Å². The highest BCUT2D eigenvalue weighted by molar-refractivity contribution is 6.35. The topological polar surface area (TPSA) is 20.3 Å². The second-order valence-corrected chi connectivity index (χ2v) is 6.72. The number of likely N-dealkylation sites (tertiary alicyclic amines) is 1. The van der Waals surface area contributed by atoms with Gasteiger partial charge in [0.15, 0.2) is 0 Å². The van der Waals surface area contributed by atoms with Gasteiger partial charge in [0.2, 0.25) is 0 Å². The molecule has 2 aliphatic rings. The van der Waals surface area contributed by atoms with E-state index in [-0.39, 0.29) is 5.92 Å². The van der Waals surface area contributed by atoms with Crippen LogP contribution in [0.5, 0.6) is 0 Å². The molecule has 2 atom stereocenters. The molecule has 108 valence electrons. The van der Waals surface area contributed by atoms with Crippen LogP contribution < -0.4 is 0 Å². The van der Waals surface area contributed by atoms with E-state index in [0.717, 1.165) is 49.4 Å². The van der Waals surface area contributed by atoms with Crippen molar-refractivity contribution < 1.29 is 4.79 Å². The van der Waals surface area contributed by atoms with Gasteiger partial charge in [0.1, 0.15) is 5.78 Å². The van der Waals surface area contributed by atoms with E-state index in [2.05, 4.69) is 4.90 Å². The number of carbonyl (C=O) groups is 1. The standard InChI is InChI=1S/C16H19Cl2NO/c17-12-7-6-11(14(18)9-12)10-19-8-2-4-15(19)13-3-1-5-16(13)20/h6-7,9,13,15H,1-5,8,10H2. The maximum absolute atomic E-state index is 12.0. The Balaban J connectivity index is 1.74. The molecule has 20 heavy (non-hydrogen) atoms. The van der Waals surface area contributed by atoms with E-state index in [9.17, 15) is 4.79 Å². The van der Waals surface area contributed by atoms with Crippen molar-refractivity contribution in [1.29, 1.82) is 0 Å². The molecule has 1 heterocycles.